The highest BCUT2D eigenvalue weighted by atomic mass is 32.2. The zero-order valence-corrected chi connectivity index (χ0v) is 11.7. The number of hydrogen-bond donors (Lipinski definition) is 2. The van der Waals surface area contributed by atoms with Crippen molar-refractivity contribution in [2.24, 2.45) is 0 Å². The number of sulfonamides is 1. The van der Waals surface area contributed by atoms with Gasteiger partial charge in [0.25, 0.3) is 0 Å². The van der Waals surface area contributed by atoms with Crippen LogP contribution < -0.4 is 4.72 Å². The Morgan fingerprint density at radius 1 is 1.19 bits per heavy atom. The first-order valence-corrected chi connectivity index (χ1v) is 7.85. The van der Waals surface area contributed by atoms with Gasteiger partial charge in [0.15, 0.2) is 0 Å². The van der Waals surface area contributed by atoms with Crippen molar-refractivity contribution < 1.29 is 12.8 Å². The first-order valence-electron chi connectivity index (χ1n) is 6.20. The zero-order valence-electron chi connectivity index (χ0n) is 10.9. The highest BCUT2D eigenvalue weighted by Gasteiger charge is 2.12. The minimum atomic E-state index is -3.57. The quantitative estimate of drug-likeness (QED) is 0.778. The third kappa shape index (κ3) is 3.19. The molecule has 21 heavy (non-hydrogen) atoms. The highest BCUT2D eigenvalue weighted by molar-refractivity contribution is 7.91. The number of nitrogens with zero attached hydrogens (tertiary/aromatic N) is 1. The molecule has 0 amide bonds. The van der Waals surface area contributed by atoms with Gasteiger partial charge in [-0.1, -0.05) is 12.1 Å². The molecule has 0 aliphatic rings. The average Bonchev–Trinajstić information content (AvgIpc) is 2.88. The van der Waals surface area contributed by atoms with Gasteiger partial charge in [-0.2, -0.15) is 0 Å². The third-order valence-electron chi connectivity index (χ3n) is 2.94. The van der Waals surface area contributed by atoms with Gasteiger partial charge >= 0.3 is 0 Å². The van der Waals surface area contributed by atoms with Crippen LogP contribution >= 0.6 is 0 Å². The summed E-state index contributed by atoms with van der Waals surface area (Å²) in [5.41, 5.74) is 1.60. The Morgan fingerprint density at radius 3 is 2.71 bits per heavy atom. The number of fused-ring (bicyclic) bond motifs is 1. The number of H-pyrrole nitrogens is 1. The van der Waals surface area contributed by atoms with Crippen LogP contribution in [0, 0.1) is 5.82 Å². The molecule has 0 unspecified atom stereocenters. The van der Waals surface area contributed by atoms with Crippen molar-refractivity contribution in [1.29, 1.82) is 0 Å². The molecule has 2 N–H and O–H groups in total. The van der Waals surface area contributed by atoms with Crippen LogP contribution in [0.15, 0.2) is 48.8 Å². The van der Waals surface area contributed by atoms with E-state index in [2.05, 4.69) is 14.7 Å². The van der Waals surface area contributed by atoms with E-state index in [9.17, 15) is 12.8 Å². The van der Waals surface area contributed by atoms with Crippen LogP contribution in [-0.2, 0) is 15.8 Å². The normalized spacial score (nSPS) is 11.7. The molecule has 3 aromatic rings. The molecule has 0 saturated carbocycles. The number of anilines is 1. The summed E-state index contributed by atoms with van der Waals surface area (Å²) in [5.74, 6) is -0.621. The van der Waals surface area contributed by atoms with Crippen LogP contribution in [0.4, 0.5) is 10.1 Å². The number of nitrogens with one attached hydrogen (secondary N) is 2. The summed E-state index contributed by atoms with van der Waals surface area (Å²) >= 11 is 0. The van der Waals surface area contributed by atoms with Gasteiger partial charge in [-0.25, -0.2) is 17.8 Å². The zero-order chi connectivity index (χ0) is 14.9. The van der Waals surface area contributed by atoms with Gasteiger partial charge < -0.3 is 4.98 Å². The highest BCUT2D eigenvalue weighted by Crippen LogP contribution is 2.17. The molecule has 0 spiro atoms. The first-order chi connectivity index (χ1) is 10.0. The van der Waals surface area contributed by atoms with Gasteiger partial charge in [-0.15, -0.1) is 0 Å². The molecule has 5 nitrogen and oxygen atoms in total. The van der Waals surface area contributed by atoms with E-state index in [0.29, 0.717) is 16.9 Å². The Bertz CT molecular complexity index is 873. The number of pyridine rings is 1. The number of halogens is 1. The topological polar surface area (TPSA) is 74.8 Å². The molecule has 0 bridgehead atoms. The molecular formula is C14H12FN3O2S. The van der Waals surface area contributed by atoms with E-state index in [1.54, 1.807) is 18.3 Å². The standard InChI is InChI=1S/C14H12FN3O2S/c15-12-3-1-10(2-4-12)9-21(19,20)18-13-7-11-5-6-16-14(11)17-8-13/h1-8,18H,9H2,(H,16,17). The minimum absolute atomic E-state index is 0.224. The molecule has 0 aliphatic heterocycles. The molecule has 0 atom stereocenters. The number of benzene rings is 1. The predicted molar refractivity (Wildman–Crippen MR) is 78.7 cm³/mol. The maximum Gasteiger partial charge on any atom is 0.236 e. The van der Waals surface area contributed by atoms with Gasteiger partial charge in [0, 0.05) is 11.6 Å². The lowest BCUT2D eigenvalue weighted by molar-refractivity contribution is 0.600. The summed E-state index contributed by atoms with van der Waals surface area (Å²) in [7, 11) is -3.57. The van der Waals surface area contributed by atoms with Crippen LogP contribution in [0.5, 0.6) is 0 Å². The van der Waals surface area contributed by atoms with Crippen molar-refractivity contribution in [1.82, 2.24) is 9.97 Å². The summed E-state index contributed by atoms with van der Waals surface area (Å²) in [6.07, 6.45) is 3.18. The van der Waals surface area contributed by atoms with Crippen LogP contribution in [-0.4, -0.2) is 18.4 Å². The molecule has 7 heteroatoms. The van der Waals surface area contributed by atoms with E-state index in [1.165, 1.54) is 30.5 Å². The fraction of sp³-hybridized carbons (Fsp3) is 0.0714. The number of aromatic amines is 1. The smallest absolute Gasteiger partial charge is 0.236 e. The van der Waals surface area contributed by atoms with Gasteiger partial charge in [0.1, 0.15) is 11.5 Å². The van der Waals surface area contributed by atoms with Crippen molar-refractivity contribution in [2.75, 3.05) is 4.72 Å². The van der Waals surface area contributed by atoms with Gasteiger partial charge in [0.05, 0.1) is 17.6 Å². The van der Waals surface area contributed by atoms with Crippen molar-refractivity contribution in [3.63, 3.8) is 0 Å². The maximum absolute atomic E-state index is 12.8. The fourth-order valence-electron chi connectivity index (χ4n) is 2.01. The Morgan fingerprint density at radius 2 is 1.95 bits per heavy atom. The molecule has 2 heterocycles. The third-order valence-corrected chi connectivity index (χ3v) is 4.20. The predicted octanol–water partition coefficient (Wildman–Crippen LogP) is 2.64. The van der Waals surface area contributed by atoms with E-state index in [-0.39, 0.29) is 5.75 Å². The van der Waals surface area contributed by atoms with E-state index in [0.717, 1.165) is 5.39 Å². The van der Waals surface area contributed by atoms with Crippen molar-refractivity contribution in [3.8, 4) is 0 Å². The second-order valence-corrected chi connectivity index (χ2v) is 6.35. The monoisotopic (exact) mass is 305 g/mol. The summed E-state index contributed by atoms with van der Waals surface area (Å²) < 4.78 is 39.4. The van der Waals surface area contributed by atoms with Crippen molar-refractivity contribution >= 4 is 26.7 Å². The Kier molecular flexibility index (Phi) is 3.34. The molecule has 0 fully saturated rings. The number of hydrogen-bond acceptors (Lipinski definition) is 3. The van der Waals surface area contributed by atoms with Crippen LogP contribution in [0.25, 0.3) is 11.0 Å². The lowest BCUT2D eigenvalue weighted by atomic mass is 10.2. The molecule has 108 valence electrons. The number of rotatable bonds is 4. The second-order valence-electron chi connectivity index (χ2n) is 4.63. The summed E-state index contributed by atoms with van der Waals surface area (Å²) in [6, 6.07) is 8.86. The van der Waals surface area contributed by atoms with Gasteiger partial charge in [0.2, 0.25) is 10.0 Å². The van der Waals surface area contributed by atoms with Gasteiger partial charge in [-0.3, -0.25) is 4.72 Å². The van der Waals surface area contributed by atoms with Crippen LogP contribution in [0.3, 0.4) is 0 Å². The van der Waals surface area contributed by atoms with E-state index in [1.807, 2.05) is 0 Å². The molecule has 0 aliphatic carbocycles. The number of aromatic nitrogens is 2. The van der Waals surface area contributed by atoms with E-state index >= 15 is 0 Å². The lowest BCUT2D eigenvalue weighted by Gasteiger charge is -2.08. The lowest BCUT2D eigenvalue weighted by Crippen LogP contribution is -2.15. The van der Waals surface area contributed by atoms with Crippen molar-refractivity contribution in [2.45, 2.75) is 5.75 Å². The van der Waals surface area contributed by atoms with Crippen LogP contribution in [0.1, 0.15) is 5.56 Å². The Balaban J connectivity index is 1.80. The summed E-state index contributed by atoms with van der Waals surface area (Å²) in [4.78, 5) is 7.04. The molecular weight excluding hydrogens is 293 g/mol. The fourth-order valence-corrected chi connectivity index (χ4v) is 3.19. The van der Waals surface area contributed by atoms with E-state index in [4.69, 9.17) is 0 Å². The average molecular weight is 305 g/mol. The minimum Gasteiger partial charge on any atom is -0.346 e. The molecule has 2 aromatic heterocycles. The molecule has 0 radical (unpaired) electrons. The summed E-state index contributed by atoms with van der Waals surface area (Å²) in [5, 5.41) is 0.817. The van der Waals surface area contributed by atoms with Gasteiger partial charge in [-0.05, 0) is 29.8 Å². The molecule has 1 aromatic carbocycles. The molecule has 0 saturated heterocycles. The second kappa shape index (κ2) is 5.17. The Labute approximate surface area is 120 Å². The maximum atomic E-state index is 12.8. The Hall–Kier alpha value is -2.41. The molecule has 3 rings (SSSR count). The van der Waals surface area contributed by atoms with Crippen molar-refractivity contribution in [3.05, 3.63) is 60.2 Å². The SMILES string of the molecule is O=S(=O)(Cc1ccc(F)cc1)Nc1cnc2[nH]ccc2c1. The van der Waals surface area contributed by atoms with Crippen LogP contribution in [0.2, 0.25) is 0 Å². The largest absolute Gasteiger partial charge is 0.346 e. The summed E-state index contributed by atoms with van der Waals surface area (Å²) in [6.45, 7) is 0. The van der Waals surface area contributed by atoms with E-state index < -0.39 is 15.8 Å². The first kappa shape index (κ1) is 13.6.